The highest BCUT2D eigenvalue weighted by molar-refractivity contribution is 7.89. The second-order valence-electron chi connectivity index (χ2n) is 6.88. The van der Waals surface area contributed by atoms with E-state index in [2.05, 4.69) is 4.98 Å². The molecule has 30 heavy (non-hydrogen) atoms. The Morgan fingerprint density at radius 2 is 1.87 bits per heavy atom. The highest BCUT2D eigenvalue weighted by Crippen LogP contribution is 2.42. The van der Waals surface area contributed by atoms with Crippen molar-refractivity contribution in [2.45, 2.75) is 30.8 Å². The fraction of sp³-hybridized carbons (Fsp3) is 0.238. The zero-order valence-corrected chi connectivity index (χ0v) is 18.0. The first-order valence-corrected chi connectivity index (χ1v) is 11.6. The van der Waals surface area contributed by atoms with Gasteiger partial charge in [-0.3, -0.25) is 4.79 Å². The van der Waals surface area contributed by atoms with Crippen LogP contribution in [0.1, 0.15) is 18.2 Å². The number of fused-ring (bicyclic) bond motifs is 1. The quantitative estimate of drug-likeness (QED) is 0.620. The lowest BCUT2D eigenvalue weighted by Crippen LogP contribution is -2.40. The average molecular weight is 445 g/mol. The maximum absolute atomic E-state index is 12.9. The van der Waals surface area contributed by atoms with Gasteiger partial charge >= 0.3 is 5.97 Å². The minimum Gasteiger partial charge on any atom is -0.481 e. The Hall–Kier alpha value is -2.75. The molecule has 1 aliphatic rings. The van der Waals surface area contributed by atoms with Gasteiger partial charge in [0.05, 0.1) is 18.6 Å². The van der Waals surface area contributed by atoms with E-state index >= 15 is 0 Å². The van der Waals surface area contributed by atoms with Gasteiger partial charge in [-0.05, 0) is 29.7 Å². The molecule has 0 saturated heterocycles. The van der Waals surface area contributed by atoms with Crippen molar-refractivity contribution in [2.24, 2.45) is 0 Å². The van der Waals surface area contributed by atoms with Crippen molar-refractivity contribution in [3.8, 4) is 27.4 Å². The predicted molar refractivity (Wildman–Crippen MR) is 114 cm³/mol. The van der Waals surface area contributed by atoms with Gasteiger partial charge in [-0.15, -0.1) is 11.3 Å². The summed E-state index contributed by atoms with van der Waals surface area (Å²) in [6.45, 7) is 1.77. The van der Waals surface area contributed by atoms with Crippen LogP contribution in [0.4, 0.5) is 0 Å². The number of sulfonamides is 1. The number of benzene rings is 1. The van der Waals surface area contributed by atoms with Crippen molar-refractivity contribution in [3.05, 3.63) is 53.5 Å². The Balaban J connectivity index is 1.60. The van der Waals surface area contributed by atoms with E-state index in [1.165, 1.54) is 11.3 Å². The third kappa shape index (κ3) is 3.49. The number of aromatic nitrogens is 1. The minimum atomic E-state index is -3.80. The van der Waals surface area contributed by atoms with Crippen LogP contribution in [0.25, 0.3) is 21.6 Å². The van der Waals surface area contributed by atoms with Crippen LogP contribution in [-0.4, -0.2) is 41.9 Å². The number of carboxylic acids is 1. The Labute approximate surface area is 178 Å². The van der Waals surface area contributed by atoms with Gasteiger partial charge in [0, 0.05) is 27.6 Å². The third-order valence-corrected chi connectivity index (χ3v) is 8.34. The van der Waals surface area contributed by atoms with Crippen LogP contribution in [0.15, 0.2) is 53.6 Å². The van der Waals surface area contributed by atoms with Crippen molar-refractivity contribution < 1.29 is 23.1 Å². The number of aliphatic carboxylic acids is 1. The number of methoxy groups -OCH3 is 1. The molecule has 4 rings (SSSR count). The number of carboxylic acid groups (broad SMARTS) is 1. The van der Waals surface area contributed by atoms with E-state index in [-0.39, 0.29) is 17.9 Å². The molecule has 0 saturated carbocycles. The smallest absolute Gasteiger partial charge is 0.322 e. The number of hydrogen-bond acceptors (Lipinski definition) is 6. The van der Waals surface area contributed by atoms with Gasteiger partial charge < -0.3 is 9.84 Å². The van der Waals surface area contributed by atoms with Crippen LogP contribution >= 0.6 is 11.3 Å². The Bertz CT molecular complexity index is 1190. The Morgan fingerprint density at radius 3 is 2.40 bits per heavy atom. The molecular formula is C21H20N2O5S2. The molecule has 3 heterocycles. The molecule has 0 amide bonds. The summed E-state index contributed by atoms with van der Waals surface area (Å²) in [6.07, 6.45) is 1.96. The molecule has 156 valence electrons. The van der Waals surface area contributed by atoms with Gasteiger partial charge in [0.15, 0.2) is 0 Å². The number of thiophene rings is 1. The van der Waals surface area contributed by atoms with Gasteiger partial charge in [0.1, 0.15) is 6.04 Å². The van der Waals surface area contributed by atoms with Crippen LogP contribution in [0, 0.1) is 0 Å². The summed E-state index contributed by atoms with van der Waals surface area (Å²) in [6, 6.07) is 12.1. The lowest BCUT2D eigenvalue weighted by Gasteiger charge is -2.21. The van der Waals surface area contributed by atoms with Gasteiger partial charge in [-0.2, -0.15) is 4.31 Å². The van der Waals surface area contributed by atoms with Crippen LogP contribution in [-0.2, 0) is 21.4 Å². The maximum atomic E-state index is 12.9. The molecule has 1 unspecified atom stereocenters. The van der Waals surface area contributed by atoms with Crippen molar-refractivity contribution in [1.82, 2.24) is 9.29 Å². The van der Waals surface area contributed by atoms with Crippen LogP contribution in [0.5, 0.6) is 5.88 Å². The lowest BCUT2D eigenvalue weighted by atomic mass is 10.1. The standard InChI is InChI=1S/C21H20N2O5S2/c1-3-16(21(24)25)23-12-18-19(30(23,26)27)10-17(29-18)14-6-4-13(5-7-14)15-8-9-20(28-2)22-11-15/h4-11,16H,3,12H2,1-2H3,(H,24,25). The number of carbonyl (C=O) groups is 1. The zero-order valence-electron chi connectivity index (χ0n) is 16.4. The predicted octanol–water partition coefficient (Wildman–Crippen LogP) is 3.85. The SMILES string of the molecule is CCC(C(=O)O)N1Cc2sc(-c3ccc(-c4ccc(OC)nc4)cc3)cc2S1(=O)=O. The Morgan fingerprint density at radius 1 is 1.20 bits per heavy atom. The highest BCUT2D eigenvalue weighted by Gasteiger charge is 2.42. The lowest BCUT2D eigenvalue weighted by molar-refractivity contribution is -0.141. The summed E-state index contributed by atoms with van der Waals surface area (Å²) < 4.78 is 31.9. The number of rotatable bonds is 6. The van der Waals surface area contributed by atoms with Crippen LogP contribution in [0.2, 0.25) is 0 Å². The maximum Gasteiger partial charge on any atom is 0.322 e. The number of ether oxygens (including phenoxy) is 1. The van der Waals surface area contributed by atoms with Gasteiger partial charge in [-0.1, -0.05) is 31.2 Å². The Kier molecular flexibility index (Phi) is 5.35. The number of hydrogen-bond donors (Lipinski definition) is 1. The molecule has 0 spiro atoms. The van der Waals surface area contributed by atoms with E-state index in [4.69, 9.17) is 4.74 Å². The van der Waals surface area contributed by atoms with E-state index < -0.39 is 22.0 Å². The minimum absolute atomic E-state index is 0.0999. The summed E-state index contributed by atoms with van der Waals surface area (Å²) in [7, 11) is -2.24. The topological polar surface area (TPSA) is 96.8 Å². The fourth-order valence-electron chi connectivity index (χ4n) is 3.51. The molecule has 7 nitrogen and oxygen atoms in total. The highest BCUT2D eigenvalue weighted by atomic mass is 32.2. The van der Waals surface area contributed by atoms with Crippen LogP contribution < -0.4 is 4.74 Å². The second kappa shape index (κ2) is 7.82. The van der Waals surface area contributed by atoms with E-state index in [0.29, 0.717) is 10.8 Å². The summed E-state index contributed by atoms with van der Waals surface area (Å²) >= 11 is 1.38. The molecule has 1 N–H and O–H groups in total. The van der Waals surface area contributed by atoms with Gasteiger partial charge in [0.25, 0.3) is 0 Å². The molecule has 1 atom stereocenters. The normalized spacial score (nSPS) is 16.2. The van der Waals surface area contributed by atoms with Crippen molar-refractivity contribution in [1.29, 1.82) is 0 Å². The molecule has 9 heteroatoms. The van der Waals surface area contributed by atoms with Crippen LogP contribution in [0.3, 0.4) is 0 Å². The van der Waals surface area contributed by atoms with E-state index in [9.17, 15) is 18.3 Å². The second-order valence-corrected chi connectivity index (χ2v) is 9.87. The summed E-state index contributed by atoms with van der Waals surface area (Å²) in [4.78, 5) is 17.4. The molecule has 3 aromatic rings. The summed E-state index contributed by atoms with van der Waals surface area (Å²) in [5.74, 6) is -0.577. The van der Waals surface area contributed by atoms with E-state index in [0.717, 1.165) is 25.9 Å². The average Bonchev–Trinajstić information content (AvgIpc) is 3.27. The van der Waals surface area contributed by atoms with Crippen molar-refractivity contribution >= 4 is 27.3 Å². The molecule has 0 bridgehead atoms. The van der Waals surface area contributed by atoms with Crippen molar-refractivity contribution in [2.75, 3.05) is 7.11 Å². The summed E-state index contributed by atoms with van der Waals surface area (Å²) in [5, 5.41) is 9.35. The van der Waals surface area contributed by atoms with E-state index in [1.807, 2.05) is 30.3 Å². The molecule has 0 aliphatic carbocycles. The summed E-state index contributed by atoms with van der Waals surface area (Å²) in [5.41, 5.74) is 2.85. The molecule has 2 aromatic heterocycles. The zero-order chi connectivity index (χ0) is 21.5. The number of pyridine rings is 1. The van der Waals surface area contributed by atoms with E-state index in [1.54, 1.807) is 32.4 Å². The number of nitrogens with zero attached hydrogens (tertiary/aromatic N) is 2. The van der Waals surface area contributed by atoms with Gasteiger partial charge in [0.2, 0.25) is 15.9 Å². The molecule has 1 aliphatic heterocycles. The first kappa shape index (κ1) is 20.5. The first-order chi connectivity index (χ1) is 14.3. The largest absolute Gasteiger partial charge is 0.481 e. The van der Waals surface area contributed by atoms with Crippen molar-refractivity contribution in [3.63, 3.8) is 0 Å². The monoisotopic (exact) mass is 444 g/mol. The molecule has 0 fully saturated rings. The van der Waals surface area contributed by atoms with Gasteiger partial charge in [-0.25, -0.2) is 13.4 Å². The molecule has 0 radical (unpaired) electrons. The first-order valence-electron chi connectivity index (χ1n) is 9.33. The fourth-order valence-corrected chi connectivity index (χ4v) is 6.92. The molecule has 1 aromatic carbocycles. The molecular weight excluding hydrogens is 424 g/mol. The third-order valence-electron chi connectivity index (χ3n) is 5.12.